The number of benzene rings is 2. The Bertz CT molecular complexity index is 902. The van der Waals surface area contributed by atoms with Crippen molar-refractivity contribution < 1.29 is 18.3 Å². The number of nitrogens with zero attached hydrogens (tertiary/aromatic N) is 2. The number of hydrogen-bond acceptors (Lipinski definition) is 4. The first-order valence-electron chi connectivity index (χ1n) is 10.2. The SMILES string of the molecule is CN=C(NCc1ccc2c(c1)OCCCO2)NC1CCN(c2c(F)cccc2F)C1. The molecule has 160 valence electrons. The van der Waals surface area contributed by atoms with E-state index >= 15 is 0 Å². The average molecular weight is 416 g/mol. The maximum Gasteiger partial charge on any atom is 0.191 e. The summed E-state index contributed by atoms with van der Waals surface area (Å²) in [4.78, 5) is 6.01. The summed E-state index contributed by atoms with van der Waals surface area (Å²) >= 11 is 0. The molecule has 6 nitrogen and oxygen atoms in total. The van der Waals surface area contributed by atoms with Crippen molar-refractivity contribution in [3.05, 3.63) is 53.6 Å². The number of aliphatic imine (C=N–C) groups is 1. The molecule has 2 N–H and O–H groups in total. The second-order valence-electron chi connectivity index (χ2n) is 7.40. The first-order valence-corrected chi connectivity index (χ1v) is 10.2. The Morgan fingerprint density at radius 1 is 1.13 bits per heavy atom. The van der Waals surface area contributed by atoms with Crippen LogP contribution in [-0.4, -0.2) is 45.4 Å². The first-order chi connectivity index (χ1) is 14.6. The van der Waals surface area contributed by atoms with Crippen LogP contribution in [0.1, 0.15) is 18.4 Å². The Kier molecular flexibility index (Phi) is 6.21. The van der Waals surface area contributed by atoms with Gasteiger partial charge in [0.25, 0.3) is 0 Å². The summed E-state index contributed by atoms with van der Waals surface area (Å²) in [6.07, 6.45) is 1.63. The lowest BCUT2D eigenvalue weighted by atomic mass is 10.2. The topological polar surface area (TPSA) is 58.1 Å². The highest BCUT2D eigenvalue weighted by Crippen LogP contribution is 2.30. The van der Waals surface area contributed by atoms with Crippen molar-refractivity contribution in [2.45, 2.75) is 25.4 Å². The van der Waals surface area contributed by atoms with Crippen molar-refractivity contribution in [2.24, 2.45) is 4.99 Å². The van der Waals surface area contributed by atoms with Crippen molar-refractivity contribution in [1.29, 1.82) is 0 Å². The summed E-state index contributed by atoms with van der Waals surface area (Å²) in [6, 6.07) is 9.88. The van der Waals surface area contributed by atoms with E-state index in [9.17, 15) is 8.78 Å². The minimum absolute atomic E-state index is 0.0388. The molecular formula is C22H26F2N4O2. The van der Waals surface area contributed by atoms with E-state index in [4.69, 9.17) is 9.47 Å². The van der Waals surface area contributed by atoms with Gasteiger partial charge in [0.1, 0.15) is 17.3 Å². The molecule has 8 heteroatoms. The number of para-hydroxylation sites is 1. The third-order valence-electron chi connectivity index (χ3n) is 5.28. The summed E-state index contributed by atoms with van der Waals surface area (Å²) in [5.41, 5.74) is 1.08. The van der Waals surface area contributed by atoms with E-state index in [1.165, 1.54) is 18.2 Å². The largest absolute Gasteiger partial charge is 0.490 e. The Balaban J connectivity index is 1.33. The molecule has 0 aliphatic carbocycles. The first kappa shape index (κ1) is 20.3. The second kappa shape index (κ2) is 9.19. The Labute approximate surface area is 174 Å². The van der Waals surface area contributed by atoms with Gasteiger partial charge in [-0.3, -0.25) is 4.99 Å². The molecule has 2 aromatic carbocycles. The van der Waals surface area contributed by atoms with Gasteiger partial charge in [0.2, 0.25) is 0 Å². The molecule has 0 saturated carbocycles. The molecule has 2 aromatic rings. The molecule has 0 radical (unpaired) electrons. The Morgan fingerprint density at radius 3 is 2.67 bits per heavy atom. The van der Waals surface area contributed by atoms with Crippen LogP contribution in [0.15, 0.2) is 41.4 Å². The van der Waals surface area contributed by atoms with Crippen LogP contribution >= 0.6 is 0 Å². The Morgan fingerprint density at radius 2 is 1.90 bits per heavy atom. The number of ether oxygens (including phenoxy) is 2. The van der Waals surface area contributed by atoms with E-state index in [0.29, 0.717) is 38.8 Å². The number of nitrogens with one attached hydrogen (secondary N) is 2. The molecule has 1 saturated heterocycles. The molecule has 2 aliphatic rings. The molecule has 0 aromatic heterocycles. The number of rotatable bonds is 4. The zero-order chi connectivity index (χ0) is 20.9. The van der Waals surface area contributed by atoms with Crippen LogP contribution in [0.4, 0.5) is 14.5 Å². The highest BCUT2D eigenvalue weighted by atomic mass is 19.1. The molecule has 0 amide bonds. The maximum absolute atomic E-state index is 14.1. The number of guanidine groups is 1. The van der Waals surface area contributed by atoms with Crippen LogP contribution in [0.5, 0.6) is 11.5 Å². The van der Waals surface area contributed by atoms with Gasteiger partial charge in [0, 0.05) is 39.1 Å². The van der Waals surface area contributed by atoms with Crippen LogP contribution in [0.25, 0.3) is 0 Å². The molecule has 30 heavy (non-hydrogen) atoms. The van der Waals surface area contributed by atoms with Gasteiger partial charge in [0.15, 0.2) is 17.5 Å². The zero-order valence-corrected chi connectivity index (χ0v) is 17.0. The molecule has 2 heterocycles. The van der Waals surface area contributed by atoms with Crippen molar-refractivity contribution in [3.63, 3.8) is 0 Å². The third kappa shape index (κ3) is 4.58. The lowest BCUT2D eigenvalue weighted by Crippen LogP contribution is -2.44. The van der Waals surface area contributed by atoms with E-state index in [0.717, 1.165) is 29.9 Å². The molecule has 2 aliphatic heterocycles. The number of fused-ring (bicyclic) bond motifs is 1. The highest BCUT2D eigenvalue weighted by Gasteiger charge is 2.27. The molecule has 0 spiro atoms. The third-order valence-corrected chi connectivity index (χ3v) is 5.28. The van der Waals surface area contributed by atoms with E-state index in [-0.39, 0.29) is 11.7 Å². The van der Waals surface area contributed by atoms with Crippen LogP contribution in [0, 0.1) is 11.6 Å². The average Bonchev–Trinajstić information content (AvgIpc) is 3.06. The van der Waals surface area contributed by atoms with Crippen LogP contribution in [-0.2, 0) is 6.54 Å². The summed E-state index contributed by atoms with van der Waals surface area (Å²) in [7, 11) is 1.70. The van der Waals surface area contributed by atoms with Gasteiger partial charge in [-0.25, -0.2) is 8.78 Å². The molecule has 4 rings (SSSR count). The fourth-order valence-corrected chi connectivity index (χ4v) is 3.76. The summed E-state index contributed by atoms with van der Waals surface area (Å²) in [5.74, 6) is 1.10. The van der Waals surface area contributed by atoms with Crippen molar-refractivity contribution in [1.82, 2.24) is 10.6 Å². The zero-order valence-electron chi connectivity index (χ0n) is 17.0. The van der Waals surface area contributed by atoms with Crippen molar-refractivity contribution in [3.8, 4) is 11.5 Å². The standard InChI is InChI=1S/C22H26F2N4O2/c1-25-22(26-13-15-6-7-19-20(12-15)30-11-3-10-29-19)27-16-8-9-28(14-16)21-17(23)4-2-5-18(21)24/h2,4-7,12,16H,3,8-11,13-14H2,1H3,(H2,25,26,27). The van der Waals surface area contributed by atoms with E-state index in [1.54, 1.807) is 11.9 Å². The van der Waals surface area contributed by atoms with Crippen LogP contribution in [0.2, 0.25) is 0 Å². The monoisotopic (exact) mass is 416 g/mol. The van der Waals surface area contributed by atoms with Gasteiger partial charge >= 0.3 is 0 Å². The molecule has 1 fully saturated rings. The lowest BCUT2D eigenvalue weighted by molar-refractivity contribution is 0.297. The fourth-order valence-electron chi connectivity index (χ4n) is 3.76. The normalized spacial score (nSPS) is 18.8. The summed E-state index contributed by atoms with van der Waals surface area (Å²) < 4.78 is 39.5. The molecule has 1 atom stereocenters. The molecular weight excluding hydrogens is 390 g/mol. The van der Waals surface area contributed by atoms with E-state index in [1.807, 2.05) is 18.2 Å². The summed E-state index contributed by atoms with van der Waals surface area (Å²) in [5, 5.41) is 6.63. The van der Waals surface area contributed by atoms with E-state index in [2.05, 4.69) is 15.6 Å². The number of halogens is 2. The van der Waals surface area contributed by atoms with Gasteiger partial charge < -0.3 is 25.0 Å². The minimum Gasteiger partial charge on any atom is -0.490 e. The van der Waals surface area contributed by atoms with Gasteiger partial charge in [-0.05, 0) is 36.2 Å². The highest BCUT2D eigenvalue weighted by molar-refractivity contribution is 5.80. The van der Waals surface area contributed by atoms with Crippen molar-refractivity contribution in [2.75, 3.05) is 38.3 Å². The fraction of sp³-hybridized carbons (Fsp3) is 0.409. The smallest absolute Gasteiger partial charge is 0.191 e. The predicted molar refractivity (Wildman–Crippen MR) is 112 cm³/mol. The number of hydrogen-bond donors (Lipinski definition) is 2. The predicted octanol–water partition coefficient (Wildman–Crippen LogP) is 3.07. The molecule has 1 unspecified atom stereocenters. The van der Waals surface area contributed by atoms with Crippen molar-refractivity contribution >= 4 is 11.6 Å². The lowest BCUT2D eigenvalue weighted by Gasteiger charge is -2.21. The van der Waals surface area contributed by atoms with Crippen LogP contribution < -0.4 is 25.0 Å². The second-order valence-corrected chi connectivity index (χ2v) is 7.40. The number of anilines is 1. The van der Waals surface area contributed by atoms with Gasteiger partial charge in [-0.1, -0.05) is 12.1 Å². The maximum atomic E-state index is 14.1. The summed E-state index contributed by atoms with van der Waals surface area (Å²) in [6.45, 7) is 2.95. The van der Waals surface area contributed by atoms with Gasteiger partial charge in [-0.15, -0.1) is 0 Å². The molecule has 0 bridgehead atoms. The Hall–Kier alpha value is -3.03. The van der Waals surface area contributed by atoms with Crippen LogP contribution in [0.3, 0.4) is 0 Å². The quantitative estimate of drug-likeness (QED) is 0.593. The van der Waals surface area contributed by atoms with Gasteiger partial charge in [0.05, 0.1) is 13.2 Å². The minimum atomic E-state index is -0.535. The van der Waals surface area contributed by atoms with Gasteiger partial charge in [-0.2, -0.15) is 0 Å². The van der Waals surface area contributed by atoms with E-state index < -0.39 is 11.6 Å².